The van der Waals surface area contributed by atoms with Crippen molar-refractivity contribution >= 4 is 11.9 Å². The molecular weight excluding hydrogens is 1450 g/mol. The molecule has 10 atom stereocenters. The van der Waals surface area contributed by atoms with Gasteiger partial charge in [0.25, 0.3) is 0 Å². The number of unbranched alkanes of at least 4 members (excludes halogenated alkanes) is 60. The molecule has 668 valence electrons. The van der Waals surface area contributed by atoms with Gasteiger partial charge in [-0.05, 0) is 49.9 Å². The Morgan fingerprint density at radius 1 is 0.261 bits per heavy atom. The Kier molecular flexibility index (Phi) is 64.8. The highest BCUT2D eigenvalue weighted by Crippen LogP contribution is 2.33. The Labute approximate surface area is 701 Å². The van der Waals surface area contributed by atoms with Gasteiger partial charge in [0.05, 0.1) is 26.4 Å². The Bertz CT molecular complexity index is 2380. The van der Waals surface area contributed by atoms with Crippen LogP contribution in [-0.4, -0.2) is 144 Å². The predicted octanol–water partition coefficient (Wildman–Crippen LogP) is 24.9. The molecule has 115 heavy (non-hydrogen) atoms. The molecule has 0 amide bonds. The van der Waals surface area contributed by atoms with Gasteiger partial charge in [-0.1, -0.05) is 413 Å². The van der Waals surface area contributed by atoms with Crippen molar-refractivity contribution in [1.29, 1.82) is 0 Å². The summed E-state index contributed by atoms with van der Waals surface area (Å²) in [5, 5.41) is 67.3. The zero-order valence-electron chi connectivity index (χ0n) is 73.9. The molecule has 2 heterocycles. The molecule has 0 unspecified atom stereocenters. The summed E-state index contributed by atoms with van der Waals surface area (Å²) in [7, 11) is 0. The molecule has 17 nitrogen and oxygen atoms in total. The lowest BCUT2D eigenvalue weighted by Gasteiger charge is -2.44. The summed E-state index contributed by atoms with van der Waals surface area (Å²) in [5.74, 6) is 0.117. The lowest BCUT2D eigenvalue weighted by Crippen LogP contribution is -2.64. The van der Waals surface area contributed by atoms with E-state index >= 15 is 0 Å². The second kappa shape index (κ2) is 71.9. The molecule has 2 aliphatic heterocycles. The van der Waals surface area contributed by atoms with E-state index in [1.54, 1.807) is 36.4 Å². The number of ether oxygens (including phenoxy) is 9. The number of esters is 2. The van der Waals surface area contributed by atoms with Gasteiger partial charge in [-0.2, -0.15) is 0 Å². The Hall–Kier alpha value is -3.78. The minimum Gasteiger partial charge on any atom is -0.493 e. The summed E-state index contributed by atoms with van der Waals surface area (Å²) in [4.78, 5) is 28.2. The average molecular weight is 1620 g/mol. The van der Waals surface area contributed by atoms with Crippen LogP contribution < -0.4 is 18.9 Å². The molecule has 6 N–H and O–H groups in total. The highest BCUT2D eigenvalue weighted by atomic mass is 16.8. The molecule has 4 rings (SSSR count). The zero-order valence-corrected chi connectivity index (χ0v) is 73.9. The Morgan fingerprint density at radius 2 is 0.461 bits per heavy atom. The van der Waals surface area contributed by atoms with Gasteiger partial charge in [0, 0.05) is 12.1 Å². The number of benzene rings is 2. The van der Waals surface area contributed by atoms with Gasteiger partial charge in [-0.25, -0.2) is 9.59 Å². The molecule has 2 fully saturated rings. The number of carbonyl (C=O) groups is 2. The third kappa shape index (κ3) is 50.3. The van der Waals surface area contributed by atoms with Gasteiger partial charge in [-0.15, -0.1) is 0 Å². The maximum absolute atomic E-state index is 14.1. The fourth-order valence-corrected chi connectivity index (χ4v) is 16.0. The maximum atomic E-state index is 14.1. The van der Waals surface area contributed by atoms with Crippen molar-refractivity contribution in [3.05, 3.63) is 47.5 Å². The largest absolute Gasteiger partial charge is 0.493 e. The second-order valence-electron chi connectivity index (χ2n) is 34.3. The van der Waals surface area contributed by atoms with E-state index in [0.29, 0.717) is 37.9 Å². The van der Waals surface area contributed by atoms with Crippen molar-refractivity contribution in [3.8, 4) is 23.0 Å². The van der Waals surface area contributed by atoms with E-state index in [1.165, 1.54) is 334 Å². The van der Waals surface area contributed by atoms with E-state index < -0.39 is 86.6 Å². The van der Waals surface area contributed by atoms with Crippen LogP contribution in [0, 0.1) is 0 Å². The second-order valence-corrected chi connectivity index (χ2v) is 34.3. The molecule has 0 aromatic heterocycles. The fraction of sp³-hybridized carbons (Fsp3) is 0.857. The first kappa shape index (κ1) is 104. The summed E-state index contributed by atoms with van der Waals surface area (Å²) in [6, 6.07) is 10.0. The van der Waals surface area contributed by atoms with Crippen LogP contribution in [-0.2, 0) is 23.7 Å². The van der Waals surface area contributed by atoms with Crippen molar-refractivity contribution in [1.82, 2.24) is 0 Å². The standard InChI is InChI=1S/C98H174O17/c1-5-9-13-17-21-25-29-33-37-41-45-49-53-57-61-65-73-107-81-69-71-83(85(77-81)109-75-67-63-59-55-51-47-43-39-35-31-27-23-19-15-11-7-3)95(105)111-79-87-89(99)91(101)93(103)97(113-87)115-98-94(104)92(102)90(100)88(114-98)80-112-96(106)84-72-70-82(108-74-66-62-58-54-50-46-42-38-34-30-26-22-18-14-10-6-2)78-86(84)110-76-68-64-60-56-52-48-44-40-36-32-28-24-20-16-12-8-4/h69-72,77-78,87-94,97-104H,5-68,73-76,79-80H2,1-4H3/t87-,88-,89-,90-,91+,92+,93-,94-,97-,98-/m1/s1. The van der Waals surface area contributed by atoms with Crippen LogP contribution in [0.3, 0.4) is 0 Å². The van der Waals surface area contributed by atoms with Crippen LogP contribution in [0.15, 0.2) is 36.4 Å². The van der Waals surface area contributed by atoms with Crippen LogP contribution in [0.1, 0.15) is 459 Å². The quantitative estimate of drug-likeness (QED) is 0.0267. The first-order chi connectivity index (χ1) is 56.4. The van der Waals surface area contributed by atoms with Crippen molar-refractivity contribution < 1.29 is 82.9 Å². The zero-order chi connectivity index (χ0) is 82.5. The molecule has 0 radical (unpaired) electrons. The summed E-state index contributed by atoms with van der Waals surface area (Å²) in [5.41, 5.74) is 0.249. The van der Waals surface area contributed by atoms with Crippen LogP contribution in [0.5, 0.6) is 23.0 Å². The Balaban J connectivity index is 1.30. The lowest BCUT2D eigenvalue weighted by molar-refractivity contribution is -0.376. The molecule has 0 spiro atoms. The van der Waals surface area contributed by atoms with Gasteiger partial charge in [-0.3, -0.25) is 0 Å². The lowest BCUT2D eigenvalue weighted by atomic mass is 9.98. The molecule has 17 heteroatoms. The summed E-state index contributed by atoms with van der Waals surface area (Å²) in [6.07, 6.45) is 63.2. The first-order valence-electron chi connectivity index (χ1n) is 48.6. The van der Waals surface area contributed by atoms with Crippen LogP contribution in [0.25, 0.3) is 0 Å². The average Bonchev–Trinajstić information content (AvgIpc) is 0.785. The van der Waals surface area contributed by atoms with Gasteiger partial charge in [0.15, 0.2) is 12.6 Å². The van der Waals surface area contributed by atoms with E-state index in [4.69, 9.17) is 42.6 Å². The predicted molar refractivity (Wildman–Crippen MR) is 468 cm³/mol. The number of carbonyl (C=O) groups excluding carboxylic acids is 2. The van der Waals surface area contributed by atoms with Crippen LogP contribution in [0.2, 0.25) is 0 Å². The normalized spacial score (nSPS) is 19.6. The van der Waals surface area contributed by atoms with Gasteiger partial charge in [0.2, 0.25) is 0 Å². The van der Waals surface area contributed by atoms with E-state index in [2.05, 4.69) is 27.7 Å². The minimum atomic E-state index is -1.92. The van der Waals surface area contributed by atoms with Crippen molar-refractivity contribution in [2.75, 3.05) is 39.6 Å². The topological polar surface area (TPSA) is 239 Å². The van der Waals surface area contributed by atoms with Gasteiger partial charge < -0.3 is 73.3 Å². The van der Waals surface area contributed by atoms with E-state index in [0.717, 1.165) is 77.0 Å². The van der Waals surface area contributed by atoms with Crippen LogP contribution >= 0.6 is 0 Å². The fourth-order valence-electron chi connectivity index (χ4n) is 16.0. The molecule has 2 aromatic rings. The number of hydrogen-bond acceptors (Lipinski definition) is 17. The van der Waals surface area contributed by atoms with Crippen LogP contribution in [0.4, 0.5) is 0 Å². The number of rotatable bonds is 80. The van der Waals surface area contributed by atoms with Crippen molar-refractivity contribution in [3.63, 3.8) is 0 Å². The van der Waals surface area contributed by atoms with Crippen molar-refractivity contribution in [2.45, 2.75) is 500 Å². The highest BCUT2D eigenvalue weighted by Gasteiger charge is 2.50. The van der Waals surface area contributed by atoms with E-state index in [1.807, 2.05) is 0 Å². The number of aliphatic hydroxyl groups excluding tert-OH is 6. The molecule has 0 aliphatic carbocycles. The third-order valence-corrected chi connectivity index (χ3v) is 23.8. The molecule has 2 saturated heterocycles. The van der Waals surface area contributed by atoms with E-state index in [-0.39, 0.29) is 22.6 Å². The highest BCUT2D eigenvalue weighted by molar-refractivity contribution is 5.93. The number of hydrogen-bond donors (Lipinski definition) is 6. The minimum absolute atomic E-state index is 0.124. The Morgan fingerprint density at radius 3 is 0.678 bits per heavy atom. The monoisotopic (exact) mass is 1620 g/mol. The maximum Gasteiger partial charge on any atom is 0.342 e. The molecule has 2 aromatic carbocycles. The summed E-state index contributed by atoms with van der Waals surface area (Å²) < 4.78 is 54.4. The molecule has 0 saturated carbocycles. The molecule has 2 aliphatic rings. The third-order valence-electron chi connectivity index (χ3n) is 23.8. The summed E-state index contributed by atoms with van der Waals surface area (Å²) in [6.45, 7) is 9.65. The van der Waals surface area contributed by atoms with Gasteiger partial charge >= 0.3 is 11.9 Å². The smallest absolute Gasteiger partial charge is 0.342 e. The van der Waals surface area contributed by atoms with Gasteiger partial charge in [0.1, 0.15) is 96.2 Å². The molecular formula is C98H174O17. The first-order valence-corrected chi connectivity index (χ1v) is 48.6. The van der Waals surface area contributed by atoms with E-state index in [9.17, 15) is 40.2 Å². The molecule has 0 bridgehead atoms. The summed E-state index contributed by atoms with van der Waals surface area (Å²) >= 11 is 0. The number of aliphatic hydroxyl groups is 6. The SMILES string of the molecule is CCCCCCCCCCCCCCCCCCOc1ccc(C(=O)OC[C@H]2O[C@H](O[C@H]3O[C@H](COC(=O)c4ccc(OCCCCCCCCCCCCCCCCCC)cc4OCCCCCCCCCCCCCCCCCC)[C@@H](O)[C@H](O)[C@H]3O)[C@H](O)[C@@H](O)[C@@H]2O)c(OCCCCCCCCCCCCCCCCCC)c1. The van der Waals surface area contributed by atoms with Crippen molar-refractivity contribution in [2.24, 2.45) is 0 Å².